The SMILES string of the molecule is CCCC[N+]CC. The van der Waals surface area contributed by atoms with Crippen LogP contribution in [-0.2, 0) is 0 Å². The van der Waals surface area contributed by atoms with E-state index in [0.717, 1.165) is 13.1 Å². The summed E-state index contributed by atoms with van der Waals surface area (Å²) < 4.78 is 0. The zero-order valence-electron chi connectivity index (χ0n) is 5.28. The van der Waals surface area contributed by atoms with Crippen molar-refractivity contribution in [2.24, 2.45) is 0 Å². The van der Waals surface area contributed by atoms with Crippen molar-refractivity contribution in [3.63, 3.8) is 0 Å². The van der Waals surface area contributed by atoms with Crippen molar-refractivity contribution in [1.82, 2.24) is 5.32 Å². The highest BCUT2D eigenvalue weighted by atomic mass is 14.8. The molecule has 0 atom stereocenters. The van der Waals surface area contributed by atoms with E-state index >= 15 is 0 Å². The Morgan fingerprint density at radius 1 is 1.29 bits per heavy atom. The average Bonchev–Trinajstić information content (AvgIpc) is 1.69. The second-order valence-corrected chi connectivity index (χ2v) is 1.62. The third kappa shape index (κ3) is 5.96. The highest BCUT2D eigenvalue weighted by molar-refractivity contribution is 4.39. The molecule has 0 aromatic carbocycles. The number of rotatable bonds is 4. The fourth-order valence-corrected chi connectivity index (χ4v) is 0.428. The molecule has 7 heavy (non-hydrogen) atoms. The summed E-state index contributed by atoms with van der Waals surface area (Å²) in [4.78, 5) is 0. The van der Waals surface area contributed by atoms with Gasteiger partial charge in [-0.3, -0.25) is 0 Å². The number of nitrogens with zero attached hydrogens (tertiary/aromatic N) is 1. The van der Waals surface area contributed by atoms with Crippen molar-refractivity contribution >= 4 is 0 Å². The fourth-order valence-electron chi connectivity index (χ4n) is 0.428. The molecule has 0 fully saturated rings. The smallest absolute Gasteiger partial charge is 0.0652 e. The summed E-state index contributed by atoms with van der Waals surface area (Å²) in [6, 6.07) is 0. The van der Waals surface area contributed by atoms with Crippen LogP contribution in [0.5, 0.6) is 0 Å². The molecule has 0 saturated heterocycles. The lowest BCUT2D eigenvalue weighted by atomic mass is 10.3. The van der Waals surface area contributed by atoms with Crippen molar-refractivity contribution in [2.45, 2.75) is 26.7 Å². The highest BCUT2D eigenvalue weighted by Crippen LogP contribution is 1.81. The first kappa shape index (κ1) is 6.96. The molecule has 1 heteroatoms. The third-order valence-electron chi connectivity index (χ3n) is 0.893. The summed E-state index contributed by atoms with van der Waals surface area (Å²) in [6.07, 6.45) is 2.53. The van der Waals surface area contributed by atoms with Gasteiger partial charge in [0.1, 0.15) is 0 Å². The average molecular weight is 100 g/mol. The first-order chi connectivity index (χ1) is 3.41. The van der Waals surface area contributed by atoms with Crippen LogP contribution in [0.4, 0.5) is 0 Å². The highest BCUT2D eigenvalue weighted by Gasteiger charge is 1.93. The molecule has 1 nitrogen and oxygen atoms in total. The molecule has 0 aromatic heterocycles. The van der Waals surface area contributed by atoms with E-state index in [2.05, 4.69) is 19.2 Å². The summed E-state index contributed by atoms with van der Waals surface area (Å²) in [7, 11) is 0. The van der Waals surface area contributed by atoms with E-state index in [4.69, 9.17) is 0 Å². The van der Waals surface area contributed by atoms with Crippen LogP contribution in [0.2, 0.25) is 0 Å². The summed E-state index contributed by atoms with van der Waals surface area (Å²) in [5, 5.41) is 4.16. The second-order valence-electron chi connectivity index (χ2n) is 1.62. The molecule has 0 aliphatic carbocycles. The van der Waals surface area contributed by atoms with E-state index < -0.39 is 0 Å². The zero-order chi connectivity index (χ0) is 5.54. The van der Waals surface area contributed by atoms with Gasteiger partial charge in [0.05, 0.1) is 5.32 Å². The van der Waals surface area contributed by atoms with Gasteiger partial charge in [-0.05, 0) is 6.92 Å². The number of unbranched alkanes of at least 4 members (excludes halogenated alkanes) is 1. The molecule has 0 unspecified atom stereocenters. The monoisotopic (exact) mass is 100 g/mol. The minimum Gasteiger partial charge on any atom is -0.0652 e. The van der Waals surface area contributed by atoms with E-state index in [1.165, 1.54) is 12.8 Å². The molecule has 42 valence electrons. The Kier molecular flexibility index (Phi) is 5.93. The molecule has 0 aromatic rings. The topological polar surface area (TPSA) is 14.1 Å². The molecule has 0 amide bonds. The quantitative estimate of drug-likeness (QED) is 0.474. The number of hydrogen-bond donors (Lipinski definition) is 0. The van der Waals surface area contributed by atoms with Crippen molar-refractivity contribution in [3.8, 4) is 0 Å². The maximum atomic E-state index is 4.16. The predicted molar refractivity (Wildman–Crippen MR) is 32.4 cm³/mol. The molecule has 0 aliphatic rings. The molecule has 0 saturated carbocycles. The van der Waals surface area contributed by atoms with Crippen LogP contribution >= 0.6 is 0 Å². The molecule has 0 aliphatic heterocycles. The molecular formula is C6H14N+. The number of hydrogen-bond acceptors (Lipinski definition) is 0. The summed E-state index contributed by atoms with van der Waals surface area (Å²) in [6.45, 7) is 6.31. The van der Waals surface area contributed by atoms with Gasteiger partial charge in [0.2, 0.25) is 0 Å². The van der Waals surface area contributed by atoms with Crippen molar-refractivity contribution in [1.29, 1.82) is 0 Å². The van der Waals surface area contributed by atoms with Gasteiger partial charge in [-0.2, -0.15) is 0 Å². The Hall–Kier alpha value is -0.0400. The maximum absolute atomic E-state index is 4.16. The molecule has 0 N–H and O–H groups in total. The van der Waals surface area contributed by atoms with Crippen LogP contribution in [0.25, 0.3) is 0 Å². The second kappa shape index (κ2) is 5.96. The minimum absolute atomic E-state index is 0.986. The Labute approximate surface area is 46.1 Å². The normalized spacial score (nSPS) is 9.43. The van der Waals surface area contributed by atoms with Gasteiger partial charge in [-0.25, -0.2) is 0 Å². The van der Waals surface area contributed by atoms with Crippen LogP contribution in [-0.4, -0.2) is 13.1 Å². The fraction of sp³-hybridized carbons (Fsp3) is 1.00. The van der Waals surface area contributed by atoms with Crippen LogP contribution in [0.1, 0.15) is 26.7 Å². The van der Waals surface area contributed by atoms with Gasteiger partial charge in [0.25, 0.3) is 0 Å². The molecule has 0 rings (SSSR count). The predicted octanol–water partition coefficient (Wildman–Crippen LogP) is 1.41. The first-order valence-corrected chi connectivity index (χ1v) is 3.05. The van der Waals surface area contributed by atoms with Crippen molar-refractivity contribution < 1.29 is 0 Å². The van der Waals surface area contributed by atoms with E-state index in [9.17, 15) is 0 Å². The first-order valence-electron chi connectivity index (χ1n) is 3.05. The van der Waals surface area contributed by atoms with E-state index in [-0.39, 0.29) is 0 Å². The van der Waals surface area contributed by atoms with Gasteiger partial charge in [0.15, 0.2) is 13.1 Å². The Bertz CT molecular complexity index is 23.4. The largest absolute Gasteiger partial charge is 0.183 e. The van der Waals surface area contributed by atoms with Crippen LogP contribution < -0.4 is 5.32 Å². The van der Waals surface area contributed by atoms with Crippen molar-refractivity contribution in [2.75, 3.05) is 13.1 Å². The lowest BCUT2D eigenvalue weighted by molar-refractivity contribution is 0.651. The summed E-state index contributed by atoms with van der Waals surface area (Å²) in [5.41, 5.74) is 0. The standard InChI is InChI=1S/C6H14N/c1-3-5-6-7-4-2/h3-6H2,1-2H3/q+1. The third-order valence-corrected chi connectivity index (χ3v) is 0.893. The maximum Gasteiger partial charge on any atom is 0.183 e. The Morgan fingerprint density at radius 3 is 2.43 bits per heavy atom. The zero-order valence-corrected chi connectivity index (χ0v) is 5.28. The van der Waals surface area contributed by atoms with Crippen LogP contribution in [0.3, 0.4) is 0 Å². The van der Waals surface area contributed by atoms with Crippen LogP contribution in [0, 0.1) is 0 Å². The van der Waals surface area contributed by atoms with E-state index in [1.54, 1.807) is 0 Å². The summed E-state index contributed by atoms with van der Waals surface area (Å²) in [5.74, 6) is 0. The molecule has 0 bridgehead atoms. The van der Waals surface area contributed by atoms with Gasteiger partial charge >= 0.3 is 0 Å². The molecule has 2 radical (unpaired) electrons. The lowest BCUT2D eigenvalue weighted by Crippen LogP contribution is -2.04. The van der Waals surface area contributed by atoms with E-state index in [0.29, 0.717) is 0 Å². The molecular weight excluding hydrogens is 86.1 g/mol. The van der Waals surface area contributed by atoms with Crippen molar-refractivity contribution in [3.05, 3.63) is 0 Å². The van der Waals surface area contributed by atoms with Gasteiger partial charge in [0, 0.05) is 6.42 Å². The molecule has 0 heterocycles. The van der Waals surface area contributed by atoms with Gasteiger partial charge in [-0.1, -0.05) is 13.3 Å². The van der Waals surface area contributed by atoms with Gasteiger partial charge < -0.3 is 0 Å². The van der Waals surface area contributed by atoms with E-state index in [1.807, 2.05) is 0 Å². The molecule has 0 spiro atoms. The van der Waals surface area contributed by atoms with Gasteiger partial charge in [-0.15, -0.1) is 0 Å². The summed E-state index contributed by atoms with van der Waals surface area (Å²) >= 11 is 0. The minimum atomic E-state index is 0.986. The van der Waals surface area contributed by atoms with Crippen LogP contribution in [0.15, 0.2) is 0 Å². The Morgan fingerprint density at radius 2 is 2.00 bits per heavy atom. The Balaban J connectivity index is 2.45. The lowest BCUT2D eigenvalue weighted by Gasteiger charge is -1.78.